The van der Waals surface area contributed by atoms with Gasteiger partial charge in [-0.15, -0.1) is 0 Å². The van der Waals surface area contributed by atoms with Crippen molar-refractivity contribution in [2.45, 2.75) is 31.9 Å². The molecule has 1 aliphatic heterocycles. The monoisotopic (exact) mass is 173 g/mol. The summed E-state index contributed by atoms with van der Waals surface area (Å²) >= 11 is 2.11. The SMILES string of the molecule is CCSC(C)C1CCNCC1. The average Bonchev–Trinajstić information content (AvgIpc) is 2.07. The fraction of sp³-hybridized carbons (Fsp3) is 1.00. The minimum atomic E-state index is 0.877. The van der Waals surface area contributed by atoms with Gasteiger partial charge in [-0.05, 0) is 37.6 Å². The third-order valence-corrected chi connectivity index (χ3v) is 3.72. The van der Waals surface area contributed by atoms with Crippen molar-refractivity contribution in [1.82, 2.24) is 5.32 Å². The molecule has 1 fully saturated rings. The number of nitrogens with one attached hydrogen (secondary N) is 1. The molecule has 0 amide bonds. The molecule has 0 spiro atoms. The average molecular weight is 173 g/mol. The summed E-state index contributed by atoms with van der Waals surface area (Å²) in [5, 5.41) is 4.28. The number of thioether (sulfide) groups is 1. The number of piperidine rings is 1. The first-order valence-electron chi connectivity index (χ1n) is 4.67. The molecule has 1 saturated heterocycles. The molecule has 2 heteroatoms. The van der Waals surface area contributed by atoms with Crippen LogP contribution < -0.4 is 5.32 Å². The predicted molar refractivity (Wildman–Crippen MR) is 53.2 cm³/mol. The molecule has 66 valence electrons. The summed E-state index contributed by atoms with van der Waals surface area (Å²) < 4.78 is 0. The van der Waals surface area contributed by atoms with E-state index in [9.17, 15) is 0 Å². The van der Waals surface area contributed by atoms with Crippen molar-refractivity contribution in [2.75, 3.05) is 18.8 Å². The highest BCUT2D eigenvalue weighted by atomic mass is 32.2. The molecule has 0 aliphatic carbocycles. The maximum atomic E-state index is 3.40. The van der Waals surface area contributed by atoms with E-state index in [-0.39, 0.29) is 0 Å². The van der Waals surface area contributed by atoms with E-state index in [1.165, 1.54) is 31.7 Å². The zero-order chi connectivity index (χ0) is 8.10. The molecule has 11 heavy (non-hydrogen) atoms. The van der Waals surface area contributed by atoms with Crippen LogP contribution in [0, 0.1) is 5.92 Å². The largest absolute Gasteiger partial charge is 0.317 e. The highest BCUT2D eigenvalue weighted by molar-refractivity contribution is 7.99. The Bertz CT molecular complexity index is 99.7. The summed E-state index contributed by atoms with van der Waals surface area (Å²) in [6.45, 7) is 7.10. The molecule has 1 nitrogen and oxygen atoms in total. The van der Waals surface area contributed by atoms with Gasteiger partial charge >= 0.3 is 0 Å². The van der Waals surface area contributed by atoms with Gasteiger partial charge in [-0.2, -0.15) is 11.8 Å². The van der Waals surface area contributed by atoms with Crippen molar-refractivity contribution in [3.63, 3.8) is 0 Å². The Balaban J connectivity index is 2.21. The third kappa shape index (κ3) is 3.04. The standard InChI is InChI=1S/C9H19NS/c1-3-11-8(2)9-4-6-10-7-5-9/h8-10H,3-7H2,1-2H3. The molecule has 0 aromatic rings. The van der Waals surface area contributed by atoms with Gasteiger partial charge in [-0.3, -0.25) is 0 Å². The van der Waals surface area contributed by atoms with E-state index in [1.54, 1.807) is 0 Å². The highest BCUT2D eigenvalue weighted by Crippen LogP contribution is 2.25. The smallest absolute Gasteiger partial charge is 0.00478 e. The molecule has 1 N–H and O–H groups in total. The van der Waals surface area contributed by atoms with Crippen LogP contribution in [0.15, 0.2) is 0 Å². The molecule has 0 aromatic carbocycles. The van der Waals surface area contributed by atoms with Crippen LogP contribution in [0.1, 0.15) is 26.7 Å². The van der Waals surface area contributed by atoms with Gasteiger partial charge in [0.2, 0.25) is 0 Å². The Morgan fingerprint density at radius 3 is 2.64 bits per heavy atom. The Labute approximate surface area is 74.3 Å². The van der Waals surface area contributed by atoms with Crippen molar-refractivity contribution in [3.8, 4) is 0 Å². The van der Waals surface area contributed by atoms with Gasteiger partial charge in [0.15, 0.2) is 0 Å². The van der Waals surface area contributed by atoms with Crippen molar-refractivity contribution in [3.05, 3.63) is 0 Å². The Morgan fingerprint density at radius 1 is 1.45 bits per heavy atom. The minimum absolute atomic E-state index is 0.877. The first-order chi connectivity index (χ1) is 5.34. The van der Waals surface area contributed by atoms with Crippen LogP contribution in [0.2, 0.25) is 0 Å². The summed E-state index contributed by atoms with van der Waals surface area (Å²) in [6, 6.07) is 0. The van der Waals surface area contributed by atoms with Crippen LogP contribution >= 0.6 is 11.8 Å². The molecule has 0 bridgehead atoms. The van der Waals surface area contributed by atoms with Crippen LogP contribution in [-0.2, 0) is 0 Å². The maximum absolute atomic E-state index is 3.40. The lowest BCUT2D eigenvalue weighted by molar-refractivity contribution is 0.373. The number of hydrogen-bond acceptors (Lipinski definition) is 2. The maximum Gasteiger partial charge on any atom is 0.00478 e. The third-order valence-electron chi connectivity index (χ3n) is 2.48. The van der Waals surface area contributed by atoms with Gasteiger partial charge < -0.3 is 5.32 Å². The second-order valence-electron chi connectivity index (χ2n) is 3.25. The van der Waals surface area contributed by atoms with Gasteiger partial charge in [-0.25, -0.2) is 0 Å². The molecular formula is C9H19NS. The summed E-state index contributed by atoms with van der Waals surface area (Å²) in [6.07, 6.45) is 2.77. The lowest BCUT2D eigenvalue weighted by Crippen LogP contribution is -2.31. The van der Waals surface area contributed by atoms with Gasteiger partial charge in [0, 0.05) is 5.25 Å². The Morgan fingerprint density at radius 2 is 2.09 bits per heavy atom. The van der Waals surface area contributed by atoms with Gasteiger partial charge in [0.25, 0.3) is 0 Å². The van der Waals surface area contributed by atoms with Crippen LogP contribution in [0.4, 0.5) is 0 Å². The van der Waals surface area contributed by atoms with Crippen molar-refractivity contribution in [1.29, 1.82) is 0 Å². The van der Waals surface area contributed by atoms with Crippen LogP contribution in [0.5, 0.6) is 0 Å². The number of hydrogen-bond donors (Lipinski definition) is 1. The normalized spacial score (nSPS) is 23.5. The van der Waals surface area contributed by atoms with E-state index in [4.69, 9.17) is 0 Å². The number of rotatable bonds is 3. The zero-order valence-electron chi connectivity index (χ0n) is 7.60. The molecule has 1 aliphatic rings. The van der Waals surface area contributed by atoms with Gasteiger partial charge in [0.1, 0.15) is 0 Å². The summed E-state index contributed by atoms with van der Waals surface area (Å²) in [5.41, 5.74) is 0. The lowest BCUT2D eigenvalue weighted by Gasteiger charge is -2.27. The zero-order valence-corrected chi connectivity index (χ0v) is 8.41. The quantitative estimate of drug-likeness (QED) is 0.701. The van der Waals surface area contributed by atoms with Crippen LogP contribution in [0.3, 0.4) is 0 Å². The fourth-order valence-electron chi connectivity index (χ4n) is 1.71. The molecule has 1 unspecified atom stereocenters. The van der Waals surface area contributed by atoms with E-state index in [0.717, 1.165) is 11.2 Å². The summed E-state index contributed by atoms with van der Waals surface area (Å²) in [7, 11) is 0. The topological polar surface area (TPSA) is 12.0 Å². The van der Waals surface area contributed by atoms with E-state index >= 15 is 0 Å². The van der Waals surface area contributed by atoms with Crippen molar-refractivity contribution < 1.29 is 0 Å². The molecule has 0 radical (unpaired) electrons. The van der Waals surface area contributed by atoms with E-state index < -0.39 is 0 Å². The second-order valence-corrected chi connectivity index (χ2v) is 4.90. The van der Waals surface area contributed by atoms with Crippen LogP contribution in [0.25, 0.3) is 0 Å². The Hall–Kier alpha value is 0.310. The van der Waals surface area contributed by atoms with Crippen molar-refractivity contribution in [2.24, 2.45) is 5.92 Å². The molecule has 1 heterocycles. The molecule has 1 atom stereocenters. The van der Waals surface area contributed by atoms with Crippen molar-refractivity contribution >= 4 is 11.8 Å². The minimum Gasteiger partial charge on any atom is -0.317 e. The van der Waals surface area contributed by atoms with E-state index in [2.05, 4.69) is 30.9 Å². The summed E-state index contributed by atoms with van der Waals surface area (Å²) in [4.78, 5) is 0. The van der Waals surface area contributed by atoms with Crippen LogP contribution in [-0.4, -0.2) is 24.1 Å². The molecule has 0 saturated carbocycles. The van der Waals surface area contributed by atoms with Gasteiger partial charge in [-0.1, -0.05) is 13.8 Å². The fourth-order valence-corrected chi connectivity index (χ4v) is 2.78. The van der Waals surface area contributed by atoms with E-state index in [1.807, 2.05) is 0 Å². The predicted octanol–water partition coefficient (Wildman–Crippen LogP) is 2.13. The lowest BCUT2D eigenvalue weighted by atomic mass is 9.95. The molecule has 0 aromatic heterocycles. The molecular weight excluding hydrogens is 154 g/mol. The molecule has 1 rings (SSSR count). The second kappa shape index (κ2) is 5.04. The Kier molecular flexibility index (Phi) is 4.31. The summed E-state index contributed by atoms with van der Waals surface area (Å²) in [5.74, 6) is 2.24. The van der Waals surface area contributed by atoms with E-state index in [0.29, 0.717) is 0 Å². The highest BCUT2D eigenvalue weighted by Gasteiger charge is 2.18. The van der Waals surface area contributed by atoms with Gasteiger partial charge in [0.05, 0.1) is 0 Å². The first kappa shape index (κ1) is 9.40. The first-order valence-corrected chi connectivity index (χ1v) is 5.71.